The SMILES string of the molecule is CCCCCCc1nnco1. The van der Waals surface area contributed by atoms with Crippen molar-refractivity contribution in [2.75, 3.05) is 0 Å². The van der Waals surface area contributed by atoms with Gasteiger partial charge in [-0.2, -0.15) is 0 Å². The number of unbranched alkanes of at least 4 members (excludes halogenated alkanes) is 3. The molecule has 1 heterocycles. The van der Waals surface area contributed by atoms with Crippen molar-refractivity contribution in [2.24, 2.45) is 0 Å². The van der Waals surface area contributed by atoms with Gasteiger partial charge in [0.25, 0.3) is 0 Å². The van der Waals surface area contributed by atoms with E-state index in [-0.39, 0.29) is 0 Å². The van der Waals surface area contributed by atoms with Crippen molar-refractivity contribution in [1.29, 1.82) is 0 Å². The van der Waals surface area contributed by atoms with Crippen molar-refractivity contribution >= 4 is 0 Å². The Kier molecular flexibility index (Phi) is 3.65. The average Bonchev–Trinajstić information content (AvgIpc) is 2.50. The summed E-state index contributed by atoms with van der Waals surface area (Å²) in [6.45, 7) is 2.20. The third kappa shape index (κ3) is 3.16. The number of aromatic nitrogens is 2. The van der Waals surface area contributed by atoms with E-state index in [0.717, 1.165) is 18.7 Å². The summed E-state index contributed by atoms with van der Waals surface area (Å²) in [6.07, 6.45) is 7.31. The van der Waals surface area contributed by atoms with Gasteiger partial charge < -0.3 is 4.42 Å². The van der Waals surface area contributed by atoms with Crippen LogP contribution in [-0.4, -0.2) is 10.2 Å². The molecule has 0 saturated heterocycles. The number of hydrogen-bond acceptors (Lipinski definition) is 3. The zero-order valence-electron chi connectivity index (χ0n) is 6.92. The number of nitrogens with zero attached hydrogens (tertiary/aromatic N) is 2. The molecule has 0 fully saturated rings. The molecule has 0 radical (unpaired) electrons. The van der Waals surface area contributed by atoms with Crippen LogP contribution < -0.4 is 0 Å². The molecule has 0 aromatic carbocycles. The number of hydrogen-bond donors (Lipinski definition) is 0. The minimum absolute atomic E-state index is 0.765. The highest BCUT2D eigenvalue weighted by Gasteiger charge is 1.96. The fraction of sp³-hybridized carbons (Fsp3) is 0.750. The first-order valence-electron chi connectivity index (χ1n) is 4.18. The van der Waals surface area contributed by atoms with E-state index in [1.807, 2.05) is 0 Å². The molecule has 11 heavy (non-hydrogen) atoms. The molecule has 0 atom stereocenters. The molecule has 1 rings (SSSR count). The second-order valence-electron chi connectivity index (χ2n) is 2.64. The first kappa shape index (κ1) is 8.24. The Morgan fingerprint density at radius 2 is 2.27 bits per heavy atom. The van der Waals surface area contributed by atoms with E-state index in [1.54, 1.807) is 0 Å². The molecule has 0 aliphatic rings. The number of rotatable bonds is 5. The smallest absolute Gasteiger partial charge is 0.216 e. The molecule has 0 amide bonds. The van der Waals surface area contributed by atoms with Crippen LogP contribution in [0.25, 0.3) is 0 Å². The predicted molar refractivity (Wildman–Crippen MR) is 42.1 cm³/mol. The van der Waals surface area contributed by atoms with Gasteiger partial charge in [0.2, 0.25) is 12.3 Å². The summed E-state index contributed by atoms with van der Waals surface area (Å²) in [5, 5.41) is 7.40. The van der Waals surface area contributed by atoms with Gasteiger partial charge in [-0.15, -0.1) is 10.2 Å². The maximum Gasteiger partial charge on any atom is 0.216 e. The second-order valence-corrected chi connectivity index (χ2v) is 2.64. The normalized spacial score (nSPS) is 10.3. The molecule has 1 aromatic heterocycles. The monoisotopic (exact) mass is 154 g/mol. The molecule has 0 saturated carbocycles. The largest absolute Gasteiger partial charge is 0.428 e. The molecule has 3 nitrogen and oxygen atoms in total. The van der Waals surface area contributed by atoms with Crippen LogP contribution in [0.3, 0.4) is 0 Å². The Morgan fingerprint density at radius 1 is 1.36 bits per heavy atom. The summed E-state index contributed by atoms with van der Waals surface area (Å²) in [5.74, 6) is 0.765. The molecule has 1 aromatic rings. The summed E-state index contributed by atoms with van der Waals surface area (Å²) in [5.41, 5.74) is 0. The lowest BCUT2D eigenvalue weighted by molar-refractivity contribution is 0.479. The van der Waals surface area contributed by atoms with Gasteiger partial charge in [-0.05, 0) is 6.42 Å². The molecule has 3 heteroatoms. The van der Waals surface area contributed by atoms with Crippen molar-refractivity contribution in [3.8, 4) is 0 Å². The highest BCUT2D eigenvalue weighted by Crippen LogP contribution is 2.04. The van der Waals surface area contributed by atoms with E-state index < -0.39 is 0 Å². The fourth-order valence-electron chi connectivity index (χ4n) is 1.01. The van der Waals surface area contributed by atoms with Gasteiger partial charge in [-0.3, -0.25) is 0 Å². The fourth-order valence-corrected chi connectivity index (χ4v) is 1.01. The first-order chi connectivity index (χ1) is 5.43. The topological polar surface area (TPSA) is 38.9 Å². The van der Waals surface area contributed by atoms with E-state index in [2.05, 4.69) is 17.1 Å². The molecule has 0 bridgehead atoms. The van der Waals surface area contributed by atoms with Gasteiger partial charge in [-0.25, -0.2) is 0 Å². The highest BCUT2D eigenvalue weighted by molar-refractivity contribution is 4.71. The number of aryl methyl sites for hydroxylation is 1. The van der Waals surface area contributed by atoms with Gasteiger partial charge >= 0.3 is 0 Å². The van der Waals surface area contributed by atoms with Crippen molar-refractivity contribution < 1.29 is 4.42 Å². The minimum atomic E-state index is 0.765. The van der Waals surface area contributed by atoms with Crippen LogP contribution in [0.2, 0.25) is 0 Å². The molecular formula is C8H14N2O. The minimum Gasteiger partial charge on any atom is -0.428 e. The summed E-state index contributed by atoms with van der Waals surface area (Å²) in [6, 6.07) is 0. The molecular weight excluding hydrogens is 140 g/mol. The van der Waals surface area contributed by atoms with E-state index in [9.17, 15) is 0 Å². The third-order valence-corrected chi connectivity index (χ3v) is 1.65. The van der Waals surface area contributed by atoms with Gasteiger partial charge in [0, 0.05) is 6.42 Å². The van der Waals surface area contributed by atoms with Gasteiger partial charge in [0.15, 0.2) is 0 Å². The summed E-state index contributed by atoms with van der Waals surface area (Å²) >= 11 is 0. The van der Waals surface area contributed by atoms with Gasteiger partial charge in [0.05, 0.1) is 0 Å². The first-order valence-corrected chi connectivity index (χ1v) is 4.18. The van der Waals surface area contributed by atoms with Gasteiger partial charge in [-0.1, -0.05) is 26.2 Å². The second kappa shape index (κ2) is 4.88. The lowest BCUT2D eigenvalue weighted by Gasteiger charge is -1.93. The van der Waals surface area contributed by atoms with Crippen LogP contribution in [0.4, 0.5) is 0 Å². The van der Waals surface area contributed by atoms with Gasteiger partial charge in [0.1, 0.15) is 0 Å². The Labute approximate surface area is 66.8 Å². The van der Waals surface area contributed by atoms with E-state index >= 15 is 0 Å². The Bertz CT molecular complexity index is 172. The van der Waals surface area contributed by atoms with Crippen molar-refractivity contribution in [1.82, 2.24) is 10.2 Å². The van der Waals surface area contributed by atoms with E-state index in [4.69, 9.17) is 4.42 Å². The molecule has 0 N–H and O–H groups in total. The van der Waals surface area contributed by atoms with Crippen molar-refractivity contribution in [2.45, 2.75) is 39.0 Å². The predicted octanol–water partition coefficient (Wildman–Crippen LogP) is 2.19. The maximum atomic E-state index is 4.99. The molecule has 0 aliphatic heterocycles. The quantitative estimate of drug-likeness (QED) is 0.610. The summed E-state index contributed by atoms with van der Waals surface area (Å²) in [7, 11) is 0. The van der Waals surface area contributed by atoms with E-state index in [1.165, 1.54) is 25.7 Å². The summed E-state index contributed by atoms with van der Waals surface area (Å²) in [4.78, 5) is 0. The third-order valence-electron chi connectivity index (χ3n) is 1.65. The van der Waals surface area contributed by atoms with Crippen LogP contribution in [0.1, 0.15) is 38.5 Å². The van der Waals surface area contributed by atoms with Crippen LogP contribution >= 0.6 is 0 Å². The zero-order chi connectivity index (χ0) is 7.94. The highest BCUT2D eigenvalue weighted by atomic mass is 16.4. The van der Waals surface area contributed by atoms with E-state index in [0.29, 0.717) is 0 Å². The molecule has 0 spiro atoms. The van der Waals surface area contributed by atoms with Crippen LogP contribution in [0.5, 0.6) is 0 Å². The Hall–Kier alpha value is -0.860. The van der Waals surface area contributed by atoms with Crippen molar-refractivity contribution in [3.63, 3.8) is 0 Å². The summed E-state index contributed by atoms with van der Waals surface area (Å²) < 4.78 is 4.99. The van der Waals surface area contributed by atoms with Crippen LogP contribution in [0, 0.1) is 0 Å². The standard InChI is InChI=1S/C8H14N2O/c1-2-3-4-5-6-8-10-9-7-11-8/h7H,2-6H2,1H3. The van der Waals surface area contributed by atoms with Crippen LogP contribution in [0.15, 0.2) is 10.8 Å². The lowest BCUT2D eigenvalue weighted by Crippen LogP contribution is -1.85. The molecule has 62 valence electrons. The Morgan fingerprint density at radius 3 is 2.91 bits per heavy atom. The molecule has 0 aliphatic carbocycles. The Balaban J connectivity index is 2.04. The lowest BCUT2D eigenvalue weighted by atomic mass is 10.2. The average molecular weight is 154 g/mol. The zero-order valence-corrected chi connectivity index (χ0v) is 6.92. The molecule has 0 unspecified atom stereocenters. The van der Waals surface area contributed by atoms with Crippen molar-refractivity contribution in [3.05, 3.63) is 12.3 Å². The van der Waals surface area contributed by atoms with Crippen LogP contribution in [-0.2, 0) is 6.42 Å². The maximum absolute atomic E-state index is 4.99.